The number of hydrogen-bond acceptors (Lipinski definition) is 1. The Kier molecular flexibility index (Phi) is 3.21. The topological polar surface area (TPSA) is 17.8 Å². The molecule has 0 saturated heterocycles. The van der Waals surface area contributed by atoms with E-state index in [0.29, 0.717) is 0 Å². The summed E-state index contributed by atoms with van der Waals surface area (Å²) in [5.74, 6) is 0. The first-order valence-corrected chi connectivity index (χ1v) is 5.83. The largest absolute Gasteiger partial charge is 0.267 e. The highest BCUT2D eigenvalue weighted by Crippen LogP contribution is 2.10. The average molecular weight is 265 g/mol. The summed E-state index contributed by atoms with van der Waals surface area (Å²) in [6, 6.07) is 8.67. The molecule has 0 atom stereocenters. The molecule has 2 nitrogen and oxygen atoms in total. The lowest BCUT2D eigenvalue weighted by molar-refractivity contribution is 0.686. The van der Waals surface area contributed by atoms with Crippen LogP contribution in [0.2, 0.25) is 0 Å². The number of nitrogens with zero attached hydrogens (tertiary/aromatic N) is 2. The molecule has 0 amide bonds. The van der Waals surface area contributed by atoms with E-state index in [1.807, 2.05) is 10.9 Å². The van der Waals surface area contributed by atoms with Crippen LogP contribution in [0.15, 0.2) is 41.1 Å². The van der Waals surface area contributed by atoms with Crippen molar-refractivity contribution in [3.8, 4) is 0 Å². The van der Waals surface area contributed by atoms with Gasteiger partial charge in [0.15, 0.2) is 0 Å². The molecule has 0 spiro atoms. The summed E-state index contributed by atoms with van der Waals surface area (Å²) in [4.78, 5) is 0. The van der Waals surface area contributed by atoms with Gasteiger partial charge in [-0.2, -0.15) is 5.10 Å². The van der Waals surface area contributed by atoms with Gasteiger partial charge in [0.1, 0.15) is 0 Å². The van der Waals surface area contributed by atoms with Crippen LogP contribution < -0.4 is 0 Å². The van der Waals surface area contributed by atoms with Crippen molar-refractivity contribution in [1.29, 1.82) is 0 Å². The Hall–Kier alpha value is -1.09. The lowest BCUT2D eigenvalue weighted by atomic mass is 10.1. The van der Waals surface area contributed by atoms with Gasteiger partial charge in [-0.05, 0) is 33.5 Å². The molecule has 0 unspecified atom stereocenters. The Morgan fingerprint density at radius 1 is 1.20 bits per heavy atom. The predicted octanol–water partition coefficient (Wildman–Crippen LogP) is 3.26. The van der Waals surface area contributed by atoms with Gasteiger partial charge in [-0.15, -0.1) is 0 Å². The molecule has 15 heavy (non-hydrogen) atoms. The molecule has 2 aromatic rings. The smallest absolute Gasteiger partial charge is 0.0659 e. The van der Waals surface area contributed by atoms with E-state index in [4.69, 9.17) is 0 Å². The van der Waals surface area contributed by atoms with E-state index in [2.05, 4.69) is 52.2 Å². The fraction of sp³-hybridized carbons (Fsp3) is 0.250. The van der Waals surface area contributed by atoms with Crippen LogP contribution in [0.4, 0.5) is 0 Å². The lowest BCUT2D eigenvalue weighted by Gasteiger charge is -2.02. The Morgan fingerprint density at radius 2 is 1.87 bits per heavy atom. The second-order valence-corrected chi connectivity index (χ2v) is 4.44. The van der Waals surface area contributed by atoms with Gasteiger partial charge in [-0.1, -0.05) is 31.2 Å². The van der Waals surface area contributed by atoms with Crippen LogP contribution in [-0.2, 0) is 13.0 Å². The highest BCUT2D eigenvalue weighted by Gasteiger charge is 1.97. The van der Waals surface area contributed by atoms with Gasteiger partial charge in [0.2, 0.25) is 0 Å². The number of rotatable bonds is 3. The Bertz CT molecular complexity index is 431. The summed E-state index contributed by atoms with van der Waals surface area (Å²) < 4.78 is 2.94. The van der Waals surface area contributed by atoms with Crippen LogP contribution in [0.1, 0.15) is 18.1 Å². The van der Waals surface area contributed by atoms with Crippen molar-refractivity contribution >= 4 is 15.9 Å². The minimum absolute atomic E-state index is 0.829. The molecule has 0 saturated carbocycles. The molecule has 0 radical (unpaired) electrons. The van der Waals surface area contributed by atoms with Crippen LogP contribution >= 0.6 is 15.9 Å². The van der Waals surface area contributed by atoms with Crippen molar-refractivity contribution in [2.24, 2.45) is 0 Å². The molecule has 0 aliphatic rings. The quantitative estimate of drug-likeness (QED) is 0.832. The zero-order valence-corrected chi connectivity index (χ0v) is 10.2. The van der Waals surface area contributed by atoms with Gasteiger partial charge >= 0.3 is 0 Å². The van der Waals surface area contributed by atoms with Gasteiger partial charge in [0, 0.05) is 6.20 Å². The van der Waals surface area contributed by atoms with E-state index in [1.165, 1.54) is 11.1 Å². The normalized spacial score (nSPS) is 10.5. The van der Waals surface area contributed by atoms with Gasteiger partial charge in [-0.3, -0.25) is 4.68 Å². The van der Waals surface area contributed by atoms with Crippen molar-refractivity contribution in [1.82, 2.24) is 9.78 Å². The number of halogens is 1. The molecule has 0 aliphatic heterocycles. The highest BCUT2D eigenvalue weighted by molar-refractivity contribution is 9.10. The van der Waals surface area contributed by atoms with Crippen molar-refractivity contribution in [2.45, 2.75) is 19.9 Å². The summed E-state index contributed by atoms with van der Waals surface area (Å²) in [5.41, 5.74) is 2.66. The average Bonchev–Trinajstić information content (AvgIpc) is 2.65. The van der Waals surface area contributed by atoms with Crippen LogP contribution in [0, 0.1) is 0 Å². The molecule has 0 N–H and O–H groups in total. The molecular formula is C12H13BrN2. The van der Waals surface area contributed by atoms with Crippen molar-refractivity contribution in [2.75, 3.05) is 0 Å². The second kappa shape index (κ2) is 4.62. The zero-order chi connectivity index (χ0) is 10.7. The molecule has 0 fully saturated rings. The van der Waals surface area contributed by atoms with Crippen LogP contribution in [0.25, 0.3) is 0 Å². The van der Waals surface area contributed by atoms with Gasteiger partial charge < -0.3 is 0 Å². The lowest BCUT2D eigenvalue weighted by Crippen LogP contribution is -1.99. The maximum absolute atomic E-state index is 4.22. The minimum Gasteiger partial charge on any atom is -0.267 e. The third kappa shape index (κ3) is 2.69. The van der Waals surface area contributed by atoms with Crippen LogP contribution in [0.5, 0.6) is 0 Å². The Morgan fingerprint density at radius 3 is 2.40 bits per heavy atom. The first-order chi connectivity index (χ1) is 7.28. The zero-order valence-electron chi connectivity index (χ0n) is 8.65. The number of aromatic nitrogens is 2. The predicted molar refractivity (Wildman–Crippen MR) is 64.8 cm³/mol. The fourth-order valence-corrected chi connectivity index (χ4v) is 1.82. The molecule has 2 rings (SSSR count). The first kappa shape index (κ1) is 10.4. The second-order valence-electron chi connectivity index (χ2n) is 3.53. The van der Waals surface area contributed by atoms with Gasteiger partial charge in [-0.25, -0.2) is 0 Å². The monoisotopic (exact) mass is 264 g/mol. The SMILES string of the molecule is CCc1ccc(Cn2cc(Br)cn2)cc1. The van der Waals surface area contributed by atoms with E-state index in [9.17, 15) is 0 Å². The first-order valence-electron chi connectivity index (χ1n) is 5.03. The van der Waals surface area contributed by atoms with E-state index in [0.717, 1.165) is 17.4 Å². The van der Waals surface area contributed by atoms with Crippen LogP contribution in [0.3, 0.4) is 0 Å². The number of aryl methyl sites for hydroxylation is 1. The van der Waals surface area contributed by atoms with E-state index in [-0.39, 0.29) is 0 Å². The number of hydrogen-bond donors (Lipinski definition) is 0. The summed E-state index contributed by atoms with van der Waals surface area (Å²) in [6.07, 6.45) is 4.88. The fourth-order valence-electron chi connectivity index (χ4n) is 1.49. The molecule has 1 heterocycles. The molecule has 1 aromatic heterocycles. The standard InChI is InChI=1S/C12H13BrN2/c1-2-10-3-5-11(6-4-10)8-15-9-12(13)7-14-15/h3-7,9H,2,8H2,1H3. The third-order valence-electron chi connectivity index (χ3n) is 2.38. The summed E-state index contributed by atoms with van der Waals surface area (Å²) >= 11 is 3.38. The minimum atomic E-state index is 0.829. The molecule has 1 aromatic carbocycles. The van der Waals surface area contributed by atoms with E-state index >= 15 is 0 Å². The Labute approximate surface area is 98.1 Å². The van der Waals surface area contributed by atoms with Gasteiger partial charge in [0.25, 0.3) is 0 Å². The molecule has 0 aliphatic carbocycles. The van der Waals surface area contributed by atoms with E-state index in [1.54, 1.807) is 6.20 Å². The molecule has 0 bridgehead atoms. The molecule has 3 heteroatoms. The third-order valence-corrected chi connectivity index (χ3v) is 2.79. The van der Waals surface area contributed by atoms with E-state index < -0.39 is 0 Å². The molecule has 78 valence electrons. The van der Waals surface area contributed by atoms with Crippen molar-refractivity contribution < 1.29 is 0 Å². The maximum atomic E-state index is 4.22. The maximum Gasteiger partial charge on any atom is 0.0659 e. The summed E-state index contributed by atoms with van der Waals surface area (Å²) in [6.45, 7) is 3.00. The number of benzene rings is 1. The van der Waals surface area contributed by atoms with Gasteiger partial charge in [0.05, 0.1) is 17.2 Å². The summed E-state index contributed by atoms with van der Waals surface area (Å²) in [7, 11) is 0. The van der Waals surface area contributed by atoms with Crippen molar-refractivity contribution in [3.05, 3.63) is 52.3 Å². The summed E-state index contributed by atoms with van der Waals surface area (Å²) in [5, 5.41) is 4.22. The Balaban J connectivity index is 2.11. The highest BCUT2D eigenvalue weighted by atomic mass is 79.9. The van der Waals surface area contributed by atoms with Crippen molar-refractivity contribution in [3.63, 3.8) is 0 Å². The molecular weight excluding hydrogens is 252 g/mol. The van der Waals surface area contributed by atoms with Crippen LogP contribution in [-0.4, -0.2) is 9.78 Å².